The lowest BCUT2D eigenvalue weighted by Gasteiger charge is -2.04. The van der Waals surface area contributed by atoms with E-state index in [1.54, 1.807) is 16.9 Å². The van der Waals surface area contributed by atoms with Gasteiger partial charge in [0.1, 0.15) is 6.07 Å². The number of benzene rings is 1. The Morgan fingerprint density at radius 2 is 1.90 bits per heavy atom. The number of hydrogen-bond acceptors (Lipinski definition) is 4. The number of rotatable bonds is 2. The Labute approximate surface area is 115 Å². The van der Waals surface area contributed by atoms with Crippen molar-refractivity contribution in [3.8, 4) is 23.0 Å². The SMILES string of the molecule is N#Cc1cnc(-n2cc(-c3ccccc3)cn2)c(N)c1. The highest BCUT2D eigenvalue weighted by Gasteiger charge is 2.08. The summed E-state index contributed by atoms with van der Waals surface area (Å²) < 4.78 is 1.61. The van der Waals surface area contributed by atoms with E-state index in [0.717, 1.165) is 11.1 Å². The topological polar surface area (TPSA) is 80.5 Å². The molecule has 3 aromatic rings. The third-order valence-electron chi connectivity index (χ3n) is 2.93. The number of nitriles is 1. The molecule has 0 bridgehead atoms. The molecule has 0 saturated carbocycles. The van der Waals surface area contributed by atoms with Crippen LogP contribution in [0.1, 0.15) is 5.56 Å². The molecule has 2 N–H and O–H groups in total. The number of aromatic nitrogens is 3. The van der Waals surface area contributed by atoms with Crippen LogP contribution in [-0.2, 0) is 0 Å². The Morgan fingerprint density at radius 3 is 2.60 bits per heavy atom. The molecule has 0 spiro atoms. The highest BCUT2D eigenvalue weighted by Crippen LogP contribution is 2.21. The maximum atomic E-state index is 8.81. The van der Waals surface area contributed by atoms with Crippen LogP contribution >= 0.6 is 0 Å². The minimum Gasteiger partial charge on any atom is -0.396 e. The highest BCUT2D eigenvalue weighted by molar-refractivity contribution is 5.63. The summed E-state index contributed by atoms with van der Waals surface area (Å²) in [6.45, 7) is 0. The fraction of sp³-hybridized carbons (Fsp3) is 0. The van der Waals surface area contributed by atoms with Gasteiger partial charge in [-0.3, -0.25) is 0 Å². The summed E-state index contributed by atoms with van der Waals surface area (Å²) in [5.41, 5.74) is 8.82. The minimum absolute atomic E-state index is 0.423. The molecule has 0 unspecified atom stereocenters. The molecule has 3 rings (SSSR count). The average molecular weight is 261 g/mol. The number of hydrogen-bond donors (Lipinski definition) is 1. The van der Waals surface area contributed by atoms with E-state index in [9.17, 15) is 0 Å². The van der Waals surface area contributed by atoms with Crippen LogP contribution in [0.25, 0.3) is 16.9 Å². The van der Waals surface area contributed by atoms with Crippen molar-refractivity contribution >= 4 is 5.69 Å². The Kier molecular flexibility index (Phi) is 2.90. The standard InChI is InChI=1S/C15H11N5/c16-7-11-6-14(17)15(18-8-11)20-10-13(9-19-20)12-4-2-1-3-5-12/h1-6,8-10H,17H2. The molecule has 5 nitrogen and oxygen atoms in total. The summed E-state index contributed by atoms with van der Waals surface area (Å²) in [5.74, 6) is 0.520. The molecule has 0 amide bonds. The fourth-order valence-electron chi connectivity index (χ4n) is 1.95. The van der Waals surface area contributed by atoms with Crippen LogP contribution in [0.3, 0.4) is 0 Å². The van der Waals surface area contributed by atoms with Gasteiger partial charge in [0, 0.05) is 18.0 Å². The van der Waals surface area contributed by atoms with Crippen LogP contribution in [0.15, 0.2) is 55.0 Å². The van der Waals surface area contributed by atoms with Crippen LogP contribution < -0.4 is 5.73 Å². The maximum Gasteiger partial charge on any atom is 0.176 e. The van der Waals surface area contributed by atoms with Crippen molar-refractivity contribution in [3.63, 3.8) is 0 Å². The Morgan fingerprint density at radius 1 is 1.10 bits per heavy atom. The van der Waals surface area contributed by atoms with Gasteiger partial charge in [-0.15, -0.1) is 0 Å². The first kappa shape index (κ1) is 11.9. The van der Waals surface area contributed by atoms with Crippen molar-refractivity contribution in [1.82, 2.24) is 14.8 Å². The van der Waals surface area contributed by atoms with Crippen LogP contribution in [0, 0.1) is 11.3 Å². The van der Waals surface area contributed by atoms with Crippen molar-refractivity contribution in [3.05, 3.63) is 60.6 Å². The Hall–Kier alpha value is -3.13. The first-order chi connectivity index (χ1) is 9.78. The molecule has 96 valence electrons. The van der Waals surface area contributed by atoms with Crippen molar-refractivity contribution in [2.75, 3.05) is 5.73 Å². The van der Waals surface area contributed by atoms with E-state index in [-0.39, 0.29) is 0 Å². The lowest BCUT2D eigenvalue weighted by Crippen LogP contribution is -2.03. The van der Waals surface area contributed by atoms with Gasteiger partial charge in [-0.25, -0.2) is 9.67 Å². The van der Waals surface area contributed by atoms with Gasteiger partial charge in [-0.05, 0) is 11.6 Å². The number of nitrogens with zero attached hydrogens (tertiary/aromatic N) is 4. The first-order valence-corrected chi connectivity index (χ1v) is 6.04. The van der Waals surface area contributed by atoms with Crippen molar-refractivity contribution in [2.24, 2.45) is 0 Å². The van der Waals surface area contributed by atoms with Gasteiger partial charge < -0.3 is 5.73 Å². The summed E-state index contributed by atoms with van der Waals surface area (Å²) in [7, 11) is 0. The van der Waals surface area contributed by atoms with Gasteiger partial charge in [0.15, 0.2) is 5.82 Å². The van der Waals surface area contributed by atoms with Gasteiger partial charge in [-0.1, -0.05) is 30.3 Å². The zero-order chi connectivity index (χ0) is 13.9. The normalized spacial score (nSPS) is 10.2. The lowest BCUT2D eigenvalue weighted by atomic mass is 10.1. The van der Waals surface area contributed by atoms with E-state index in [4.69, 9.17) is 11.0 Å². The van der Waals surface area contributed by atoms with Gasteiger partial charge in [0.2, 0.25) is 0 Å². The van der Waals surface area contributed by atoms with Crippen LogP contribution in [0.4, 0.5) is 5.69 Å². The third kappa shape index (κ3) is 2.10. The molecule has 20 heavy (non-hydrogen) atoms. The molecule has 2 heterocycles. The van der Waals surface area contributed by atoms with Crippen molar-refractivity contribution < 1.29 is 0 Å². The van der Waals surface area contributed by atoms with E-state index in [0.29, 0.717) is 17.1 Å². The summed E-state index contributed by atoms with van der Waals surface area (Å²) in [4.78, 5) is 4.18. The van der Waals surface area contributed by atoms with E-state index in [2.05, 4.69) is 10.1 Å². The monoisotopic (exact) mass is 261 g/mol. The molecule has 0 radical (unpaired) electrons. The van der Waals surface area contributed by atoms with Gasteiger partial charge in [0.25, 0.3) is 0 Å². The minimum atomic E-state index is 0.423. The third-order valence-corrected chi connectivity index (χ3v) is 2.93. The summed E-state index contributed by atoms with van der Waals surface area (Å²) in [6, 6.07) is 13.5. The molecule has 0 atom stereocenters. The Bertz CT molecular complexity index is 784. The molecule has 5 heteroatoms. The molecule has 0 aliphatic rings. The lowest BCUT2D eigenvalue weighted by molar-refractivity contribution is 0.849. The van der Waals surface area contributed by atoms with Crippen LogP contribution in [0.2, 0.25) is 0 Å². The van der Waals surface area contributed by atoms with Crippen molar-refractivity contribution in [2.45, 2.75) is 0 Å². The van der Waals surface area contributed by atoms with Gasteiger partial charge in [-0.2, -0.15) is 10.4 Å². The zero-order valence-electron chi connectivity index (χ0n) is 10.6. The molecular weight excluding hydrogens is 250 g/mol. The predicted molar refractivity (Wildman–Crippen MR) is 75.9 cm³/mol. The van der Waals surface area contributed by atoms with Crippen LogP contribution in [-0.4, -0.2) is 14.8 Å². The van der Waals surface area contributed by atoms with E-state index >= 15 is 0 Å². The van der Waals surface area contributed by atoms with Gasteiger partial charge >= 0.3 is 0 Å². The largest absolute Gasteiger partial charge is 0.396 e. The Balaban J connectivity index is 2.01. The molecule has 0 aliphatic heterocycles. The van der Waals surface area contributed by atoms with E-state index in [1.807, 2.05) is 42.6 Å². The van der Waals surface area contributed by atoms with Crippen molar-refractivity contribution in [1.29, 1.82) is 5.26 Å². The molecule has 2 aromatic heterocycles. The predicted octanol–water partition coefficient (Wildman–Crippen LogP) is 2.39. The van der Waals surface area contributed by atoms with E-state index in [1.165, 1.54) is 6.20 Å². The summed E-state index contributed by atoms with van der Waals surface area (Å²) in [5, 5.41) is 13.1. The quantitative estimate of drug-likeness (QED) is 0.768. The molecule has 0 aliphatic carbocycles. The summed E-state index contributed by atoms with van der Waals surface area (Å²) >= 11 is 0. The van der Waals surface area contributed by atoms with Gasteiger partial charge in [0.05, 0.1) is 17.4 Å². The fourth-order valence-corrected chi connectivity index (χ4v) is 1.95. The summed E-state index contributed by atoms with van der Waals surface area (Å²) in [6.07, 6.45) is 5.10. The van der Waals surface area contributed by atoms with Crippen LogP contribution in [0.5, 0.6) is 0 Å². The number of pyridine rings is 1. The second kappa shape index (κ2) is 4.86. The smallest absolute Gasteiger partial charge is 0.176 e. The second-order valence-corrected chi connectivity index (χ2v) is 4.29. The number of nitrogens with two attached hydrogens (primary N) is 1. The first-order valence-electron chi connectivity index (χ1n) is 6.04. The molecular formula is C15H11N5. The molecule has 1 aromatic carbocycles. The zero-order valence-corrected chi connectivity index (χ0v) is 10.6. The maximum absolute atomic E-state index is 8.81. The second-order valence-electron chi connectivity index (χ2n) is 4.29. The molecule has 0 saturated heterocycles. The number of anilines is 1. The van der Waals surface area contributed by atoms with E-state index < -0.39 is 0 Å². The number of nitrogen functional groups attached to an aromatic ring is 1. The molecule has 0 fully saturated rings. The average Bonchev–Trinajstić information content (AvgIpc) is 2.97. The highest BCUT2D eigenvalue weighted by atomic mass is 15.3.